The molecule has 0 radical (unpaired) electrons. The number of aryl methyl sites for hydroxylation is 1. The van der Waals surface area contributed by atoms with Crippen molar-refractivity contribution in [3.8, 4) is 0 Å². The molecule has 0 unspecified atom stereocenters. The predicted molar refractivity (Wildman–Crippen MR) is 90.6 cm³/mol. The number of hydrogen-bond donors (Lipinski definition) is 2. The number of nitro benzene ring substituents is 1. The van der Waals surface area contributed by atoms with Crippen molar-refractivity contribution < 1.29 is 14.1 Å². The molecule has 6 nitrogen and oxygen atoms in total. The second-order valence-electron chi connectivity index (χ2n) is 5.34. The Labute approximate surface area is 138 Å². The summed E-state index contributed by atoms with van der Waals surface area (Å²) in [6, 6.07) is 10.3. The predicted octanol–water partition coefficient (Wildman–Crippen LogP) is 3.87. The Kier molecular flexibility index (Phi) is 5.83. The van der Waals surface area contributed by atoms with E-state index in [2.05, 4.69) is 10.6 Å². The van der Waals surface area contributed by atoms with Gasteiger partial charge in [0.25, 0.3) is 5.69 Å². The first kappa shape index (κ1) is 17.4. The Morgan fingerprint density at radius 1 is 1.21 bits per heavy atom. The van der Waals surface area contributed by atoms with E-state index in [4.69, 9.17) is 0 Å². The largest absolute Gasteiger partial charge is 0.385 e. The van der Waals surface area contributed by atoms with Gasteiger partial charge in [0.15, 0.2) is 0 Å². The lowest BCUT2D eigenvalue weighted by molar-refractivity contribution is -0.384. The molecule has 0 fully saturated rings. The van der Waals surface area contributed by atoms with Gasteiger partial charge in [0, 0.05) is 36.5 Å². The maximum atomic E-state index is 13.0. The SMILES string of the molecule is Cc1cc(F)ccc1NC(=O)CCCNc1ccc([N+](=O)[O-])cc1. The Morgan fingerprint density at radius 2 is 1.92 bits per heavy atom. The van der Waals surface area contributed by atoms with Gasteiger partial charge in [-0.1, -0.05) is 0 Å². The van der Waals surface area contributed by atoms with Crippen LogP contribution in [0.3, 0.4) is 0 Å². The Morgan fingerprint density at radius 3 is 2.54 bits per heavy atom. The van der Waals surface area contributed by atoms with Crippen LogP contribution in [0.2, 0.25) is 0 Å². The summed E-state index contributed by atoms with van der Waals surface area (Å²) in [6.45, 7) is 2.29. The molecule has 2 aromatic rings. The van der Waals surface area contributed by atoms with Gasteiger partial charge in [-0.2, -0.15) is 0 Å². The third kappa shape index (κ3) is 5.05. The van der Waals surface area contributed by atoms with Crippen LogP contribution in [0.1, 0.15) is 18.4 Å². The van der Waals surface area contributed by atoms with Crippen molar-refractivity contribution in [1.82, 2.24) is 0 Å². The lowest BCUT2D eigenvalue weighted by atomic mass is 10.2. The third-order valence-electron chi connectivity index (χ3n) is 3.45. The van der Waals surface area contributed by atoms with E-state index < -0.39 is 4.92 Å². The van der Waals surface area contributed by atoms with Gasteiger partial charge < -0.3 is 10.6 Å². The van der Waals surface area contributed by atoms with Gasteiger partial charge in [-0.15, -0.1) is 0 Å². The van der Waals surface area contributed by atoms with Gasteiger partial charge in [-0.3, -0.25) is 14.9 Å². The normalized spacial score (nSPS) is 10.2. The monoisotopic (exact) mass is 331 g/mol. The van der Waals surface area contributed by atoms with Crippen molar-refractivity contribution in [2.24, 2.45) is 0 Å². The minimum Gasteiger partial charge on any atom is -0.385 e. The number of nitro groups is 1. The van der Waals surface area contributed by atoms with Crippen LogP contribution in [0.15, 0.2) is 42.5 Å². The molecule has 2 rings (SSSR count). The number of anilines is 2. The molecule has 0 aromatic heterocycles. The summed E-state index contributed by atoms with van der Waals surface area (Å²) < 4.78 is 13.0. The molecule has 0 aliphatic heterocycles. The quantitative estimate of drug-likeness (QED) is 0.458. The number of carbonyl (C=O) groups is 1. The number of amides is 1. The van der Waals surface area contributed by atoms with Crippen LogP contribution < -0.4 is 10.6 Å². The van der Waals surface area contributed by atoms with Crippen LogP contribution in [-0.4, -0.2) is 17.4 Å². The standard InChI is InChI=1S/C17H18FN3O3/c1-12-11-13(18)4-9-16(12)20-17(22)3-2-10-19-14-5-7-15(8-6-14)21(23)24/h4-9,11,19H,2-3,10H2,1H3,(H,20,22). The van der Waals surface area contributed by atoms with Crippen molar-refractivity contribution in [3.05, 3.63) is 64.0 Å². The Hall–Kier alpha value is -2.96. The van der Waals surface area contributed by atoms with E-state index in [0.29, 0.717) is 30.6 Å². The van der Waals surface area contributed by atoms with Crippen molar-refractivity contribution >= 4 is 23.0 Å². The number of halogens is 1. The first-order chi connectivity index (χ1) is 11.5. The number of rotatable bonds is 7. The maximum Gasteiger partial charge on any atom is 0.269 e. The molecule has 0 aliphatic carbocycles. The van der Waals surface area contributed by atoms with Gasteiger partial charge >= 0.3 is 0 Å². The lowest BCUT2D eigenvalue weighted by Gasteiger charge is -2.09. The highest BCUT2D eigenvalue weighted by Gasteiger charge is 2.06. The molecule has 0 aliphatic rings. The zero-order valence-electron chi connectivity index (χ0n) is 13.2. The van der Waals surface area contributed by atoms with Crippen molar-refractivity contribution in [2.75, 3.05) is 17.2 Å². The molecule has 24 heavy (non-hydrogen) atoms. The number of benzene rings is 2. The van der Waals surface area contributed by atoms with E-state index >= 15 is 0 Å². The van der Waals surface area contributed by atoms with E-state index in [1.165, 1.54) is 30.3 Å². The highest BCUT2D eigenvalue weighted by molar-refractivity contribution is 5.91. The average molecular weight is 331 g/mol. The van der Waals surface area contributed by atoms with Gasteiger partial charge in [0.2, 0.25) is 5.91 Å². The minimum absolute atomic E-state index is 0.0367. The third-order valence-corrected chi connectivity index (χ3v) is 3.45. The summed E-state index contributed by atoms with van der Waals surface area (Å²) in [7, 11) is 0. The molecule has 2 N–H and O–H groups in total. The molecular weight excluding hydrogens is 313 g/mol. The highest BCUT2D eigenvalue weighted by atomic mass is 19.1. The van der Waals surface area contributed by atoms with Crippen LogP contribution in [0.4, 0.5) is 21.5 Å². The average Bonchev–Trinajstić information content (AvgIpc) is 2.55. The molecule has 0 bridgehead atoms. The number of nitrogens with one attached hydrogen (secondary N) is 2. The van der Waals surface area contributed by atoms with E-state index in [0.717, 1.165) is 5.69 Å². The zero-order chi connectivity index (χ0) is 17.5. The second-order valence-corrected chi connectivity index (χ2v) is 5.34. The summed E-state index contributed by atoms with van der Waals surface area (Å²) in [6.07, 6.45) is 0.917. The number of nitrogens with zero attached hydrogens (tertiary/aromatic N) is 1. The fourth-order valence-corrected chi connectivity index (χ4v) is 2.16. The Balaban J connectivity index is 1.73. The smallest absolute Gasteiger partial charge is 0.269 e. The van der Waals surface area contributed by atoms with Gasteiger partial charge in [-0.05, 0) is 49.2 Å². The first-order valence-corrected chi connectivity index (χ1v) is 7.50. The van der Waals surface area contributed by atoms with Crippen LogP contribution in [0.5, 0.6) is 0 Å². The van der Waals surface area contributed by atoms with Crippen LogP contribution in [0, 0.1) is 22.9 Å². The summed E-state index contributed by atoms with van der Waals surface area (Å²) in [5.74, 6) is -0.479. The lowest BCUT2D eigenvalue weighted by Crippen LogP contribution is -2.14. The first-order valence-electron chi connectivity index (χ1n) is 7.50. The van der Waals surface area contributed by atoms with Crippen LogP contribution in [-0.2, 0) is 4.79 Å². The zero-order valence-corrected chi connectivity index (χ0v) is 13.2. The topological polar surface area (TPSA) is 84.3 Å². The molecule has 2 aromatic carbocycles. The fourth-order valence-electron chi connectivity index (χ4n) is 2.16. The molecule has 0 saturated carbocycles. The summed E-state index contributed by atoms with van der Waals surface area (Å²) in [4.78, 5) is 22.0. The molecule has 126 valence electrons. The van der Waals surface area contributed by atoms with Crippen LogP contribution >= 0.6 is 0 Å². The number of carbonyl (C=O) groups excluding carboxylic acids is 1. The van der Waals surface area contributed by atoms with Crippen LogP contribution in [0.25, 0.3) is 0 Å². The maximum absolute atomic E-state index is 13.0. The summed E-state index contributed by atoms with van der Waals surface area (Å²) >= 11 is 0. The molecule has 0 saturated heterocycles. The number of non-ortho nitro benzene ring substituents is 1. The van der Waals surface area contributed by atoms with E-state index in [9.17, 15) is 19.3 Å². The van der Waals surface area contributed by atoms with E-state index in [1.54, 1.807) is 19.1 Å². The van der Waals surface area contributed by atoms with E-state index in [-0.39, 0.29) is 17.4 Å². The van der Waals surface area contributed by atoms with Crippen molar-refractivity contribution in [1.29, 1.82) is 0 Å². The minimum atomic E-state index is -0.453. The molecular formula is C17H18FN3O3. The highest BCUT2D eigenvalue weighted by Crippen LogP contribution is 2.17. The Bertz CT molecular complexity index is 732. The second kappa shape index (κ2) is 8.05. The molecule has 0 spiro atoms. The van der Waals surface area contributed by atoms with Crippen molar-refractivity contribution in [3.63, 3.8) is 0 Å². The molecule has 7 heteroatoms. The fraction of sp³-hybridized carbons (Fsp3) is 0.235. The summed E-state index contributed by atoms with van der Waals surface area (Å²) in [5, 5.41) is 16.4. The molecule has 0 atom stereocenters. The number of hydrogen-bond acceptors (Lipinski definition) is 4. The van der Waals surface area contributed by atoms with Gasteiger partial charge in [0.05, 0.1) is 4.92 Å². The molecule has 1 amide bonds. The van der Waals surface area contributed by atoms with E-state index in [1.807, 2.05) is 0 Å². The summed E-state index contributed by atoms with van der Waals surface area (Å²) in [5.41, 5.74) is 2.07. The van der Waals surface area contributed by atoms with Crippen molar-refractivity contribution in [2.45, 2.75) is 19.8 Å². The molecule has 0 heterocycles. The van der Waals surface area contributed by atoms with Gasteiger partial charge in [0.1, 0.15) is 5.82 Å². The van der Waals surface area contributed by atoms with Gasteiger partial charge in [-0.25, -0.2) is 4.39 Å².